The minimum Gasteiger partial charge on any atom is -0.371 e. The maximum Gasteiger partial charge on any atom is 0.255 e. The summed E-state index contributed by atoms with van der Waals surface area (Å²) >= 11 is 0. The van der Waals surface area contributed by atoms with Gasteiger partial charge in [0.2, 0.25) is 0 Å². The maximum atomic E-state index is 14.2. The molecule has 0 unspecified atom stereocenters. The van der Waals surface area contributed by atoms with Crippen LogP contribution in [0.3, 0.4) is 0 Å². The van der Waals surface area contributed by atoms with E-state index in [0.717, 1.165) is 0 Å². The molecule has 0 spiro atoms. The molecule has 3 rings (SSSR count). The molecular formula is C15H12F2N6O. The molecule has 0 radical (unpaired) electrons. The highest BCUT2D eigenvalue weighted by atomic mass is 19.2. The Balaban J connectivity index is 2.13. The number of primary amides is 1. The zero-order chi connectivity index (χ0) is 17.4. The van der Waals surface area contributed by atoms with Gasteiger partial charge in [0.05, 0.1) is 17.4 Å². The summed E-state index contributed by atoms with van der Waals surface area (Å²) in [5, 5.41) is 9.05. The summed E-state index contributed by atoms with van der Waals surface area (Å²) in [7, 11) is 3.12. The van der Waals surface area contributed by atoms with Crippen LogP contribution in [0.25, 0.3) is 11.0 Å². The van der Waals surface area contributed by atoms with E-state index in [1.54, 1.807) is 14.1 Å². The van der Waals surface area contributed by atoms with Gasteiger partial charge in [0.15, 0.2) is 17.5 Å². The lowest BCUT2D eigenvalue weighted by Crippen LogP contribution is -2.13. The molecule has 3 aromatic rings. The number of H-pyrrole nitrogens is 1. The number of benzene rings is 1. The summed E-state index contributed by atoms with van der Waals surface area (Å²) in [6, 6.07) is 1.33. The minimum atomic E-state index is -1.09. The summed E-state index contributed by atoms with van der Waals surface area (Å²) in [6.45, 7) is 0. The summed E-state index contributed by atoms with van der Waals surface area (Å²) in [4.78, 5) is 15.5. The lowest BCUT2D eigenvalue weighted by atomic mass is 10.1. The van der Waals surface area contributed by atoms with Crippen LogP contribution in [0.5, 0.6) is 0 Å². The van der Waals surface area contributed by atoms with E-state index in [1.165, 1.54) is 17.0 Å². The molecule has 0 aliphatic heterocycles. The highest BCUT2D eigenvalue weighted by Gasteiger charge is 2.17. The van der Waals surface area contributed by atoms with Crippen LogP contribution in [-0.4, -0.2) is 32.7 Å². The van der Waals surface area contributed by atoms with Crippen molar-refractivity contribution in [3.63, 3.8) is 0 Å². The molecule has 2 aromatic heterocycles. The van der Waals surface area contributed by atoms with E-state index in [-0.39, 0.29) is 33.7 Å². The molecule has 1 amide bonds. The molecule has 0 aliphatic rings. The van der Waals surface area contributed by atoms with Gasteiger partial charge in [-0.3, -0.25) is 9.89 Å². The molecule has 4 N–H and O–H groups in total. The molecule has 24 heavy (non-hydrogen) atoms. The van der Waals surface area contributed by atoms with Crippen molar-refractivity contribution >= 4 is 22.8 Å². The molecule has 0 saturated heterocycles. The smallest absolute Gasteiger partial charge is 0.255 e. The lowest BCUT2D eigenvalue weighted by Gasteiger charge is -2.00. The van der Waals surface area contributed by atoms with Crippen molar-refractivity contribution in [2.24, 2.45) is 12.8 Å². The van der Waals surface area contributed by atoms with Crippen LogP contribution in [0, 0.1) is 23.5 Å². The largest absolute Gasteiger partial charge is 0.371 e. The number of halogens is 2. The van der Waals surface area contributed by atoms with Crippen LogP contribution < -0.4 is 11.1 Å². The monoisotopic (exact) mass is 330 g/mol. The van der Waals surface area contributed by atoms with Crippen LogP contribution in [0.15, 0.2) is 12.4 Å². The molecule has 122 valence electrons. The summed E-state index contributed by atoms with van der Waals surface area (Å²) in [5.41, 5.74) is 5.57. The van der Waals surface area contributed by atoms with Crippen molar-refractivity contribution in [2.75, 3.05) is 12.4 Å². The normalized spacial score (nSPS) is 10.5. The number of aryl methyl sites for hydroxylation is 1. The number of anilines is 1. The second kappa shape index (κ2) is 5.66. The van der Waals surface area contributed by atoms with Crippen LogP contribution in [0.1, 0.15) is 21.6 Å². The molecule has 0 bridgehead atoms. The molecule has 0 saturated carbocycles. The van der Waals surface area contributed by atoms with Gasteiger partial charge in [-0.2, -0.15) is 5.10 Å². The number of hydrogen-bond acceptors (Lipinski definition) is 4. The zero-order valence-corrected chi connectivity index (χ0v) is 12.7. The fourth-order valence-electron chi connectivity index (χ4n) is 2.32. The van der Waals surface area contributed by atoms with Crippen LogP contribution in [0.2, 0.25) is 0 Å². The Morgan fingerprint density at radius 3 is 2.79 bits per heavy atom. The van der Waals surface area contributed by atoms with Crippen molar-refractivity contribution in [3.8, 4) is 11.8 Å². The first-order valence-corrected chi connectivity index (χ1v) is 6.81. The zero-order valence-electron chi connectivity index (χ0n) is 12.7. The Kier molecular flexibility index (Phi) is 3.65. The molecule has 1 aromatic carbocycles. The van der Waals surface area contributed by atoms with Gasteiger partial charge in [0, 0.05) is 14.1 Å². The second-order valence-corrected chi connectivity index (χ2v) is 4.96. The highest BCUT2D eigenvalue weighted by Crippen LogP contribution is 2.22. The first-order chi connectivity index (χ1) is 11.4. The number of aromatic nitrogens is 4. The Hall–Kier alpha value is -3.41. The van der Waals surface area contributed by atoms with Gasteiger partial charge in [0.25, 0.3) is 5.91 Å². The van der Waals surface area contributed by atoms with E-state index in [0.29, 0.717) is 0 Å². The van der Waals surface area contributed by atoms with E-state index in [2.05, 4.69) is 32.3 Å². The van der Waals surface area contributed by atoms with Gasteiger partial charge in [0.1, 0.15) is 16.8 Å². The fraction of sp³-hybridized carbons (Fsp3) is 0.133. The number of nitrogens with one attached hydrogen (secondary N) is 2. The molecule has 0 atom stereocenters. The topological polar surface area (TPSA) is 102 Å². The van der Waals surface area contributed by atoms with E-state index >= 15 is 0 Å². The standard InChI is InChI=1S/C15H12F2N6O/c1-19-15-10(14(18)24)8(21-22-15)4-3-7-5-9-13(12(17)11(7)16)23(2)6-20-9/h5-6H,1-2H3,(H2,18,24)(H2,19,21,22). The number of carbonyl (C=O) groups is 1. The third kappa shape index (κ3) is 2.34. The second-order valence-electron chi connectivity index (χ2n) is 4.96. The van der Waals surface area contributed by atoms with Gasteiger partial charge in [-0.25, -0.2) is 13.8 Å². The van der Waals surface area contributed by atoms with E-state index in [1.807, 2.05) is 0 Å². The van der Waals surface area contributed by atoms with Crippen molar-refractivity contribution < 1.29 is 13.6 Å². The van der Waals surface area contributed by atoms with Crippen molar-refractivity contribution in [1.29, 1.82) is 0 Å². The average molecular weight is 330 g/mol. The lowest BCUT2D eigenvalue weighted by molar-refractivity contribution is 0.100. The molecule has 7 nitrogen and oxygen atoms in total. The predicted molar refractivity (Wildman–Crippen MR) is 83.3 cm³/mol. The molecule has 0 fully saturated rings. The number of imidazole rings is 1. The van der Waals surface area contributed by atoms with E-state index < -0.39 is 17.5 Å². The number of nitrogens with two attached hydrogens (primary N) is 1. The third-order valence-corrected chi connectivity index (χ3v) is 3.46. The van der Waals surface area contributed by atoms with Gasteiger partial charge in [-0.05, 0) is 12.0 Å². The number of nitrogens with zero attached hydrogens (tertiary/aromatic N) is 3. The predicted octanol–water partition coefficient (Wildman–Crippen LogP) is 1.11. The summed E-state index contributed by atoms with van der Waals surface area (Å²) < 4.78 is 29.7. The summed E-state index contributed by atoms with van der Waals surface area (Å²) in [6.07, 6.45) is 1.38. The fourth-order valence-corrected chi connectivity index (χ4v) is 2.32. The van der Waals surface area contributed by atoms with Gasteiger partial charge >= 0.3 is 0 Å². The van der Waals surface area contributed by atoms with Gasteiger partial charge in [-0.1, -0.05) is 5.92 Å². The third-order valence-electron chi connectivity index (χ3n) is 3.46. The SMILES string of the molecule is CNc1n[nH]c(C#Cc2cc3ncn(C)c3c(F)c2F)c1C(N)=O. The Labute approximate surface area is 134 Å². The number of carbonyl (C=O) groups excluding carboxylic acids is 1. The first-order valence-electron chi connectivity index (χ1n) is 6.81. The summed E-state index contributed by atoms with van der Waals surface area (Å²) in [5.74, 6) is 2.39. The average Bonchev–Trinajstić information content (AvgIpc) is 3.13. The van der Waals surface area contributed by atoms with Crippen LogP contribution in [0.4, 0.5) is 14.6 Å². The maximum absolute atomic E-state index is 14.2. The van der Waals surface area contributed by atoms with E-state index in [4.69, 9.17) is 5.73 Å². The molecule has 0 aliphatic carbocycles. The molecular weight excluding hydrogens is 318 g/mol. The van der Waals surface area contributed by atoms with Crippen LogP contribution >= 0.6 is 0 Å². The van der Waals surface area contributed by atoms with Crippen molar-refractivity contribution in [1.82, 2.24) is 19.7 Å². The quantitative estimate of drug-likeness (QED) is 0.613. The highest BCUT2D eigenvalue weighted by molar-refractivity contribution is 5.99. The van der Waals surface area contributed by atoms with Gasteiger partial charge < -0.3 is 15.6 Å². The first kappa shape index (κ1) is 15.5. The Morgan fingerprint density at radius 1 is 1.38 bits per heavy atom. The minimum absolute atomic E-state index is 0.0461. The van der Waals surface area contributed by atoms with Crippen molar-refractivity contribution in [3.05, 3.63) is 40.8 Å². The Bertz CT molecular complexity index is 1020. The molecule has 9 heteroatoms. The number of fused-ring (bicyclic) bond motifs is 1. The van der Waals surface area contributed by atoms with Crippen LogP contribution in [-0.2, 0) is 7.05 Å². The molecule has 2 heterocycles. The van der Waals surface area contributed by atoms with E-state index in [9.17, 15) is 13.6 Å². The number of rotatable bonds is 2. The number of aromatic amines is 1. The Morgan fingerprint density at radius 2 is 2.12 bits per heavy atom. The number of hydrogen-bond donors (Lipinski definition) is 3. The number of amides is 1. The van der Waals surface area contributed by atoms with Crippen molar-refractivity contribution in [2.45, 2.75) is 0 Å². The van der Waals surface area contributed by atoms with Gasteiger partial charge in [-0.15, -0.1) is 0 Å².